The number of ketones is 1. The van der Waals surface area contributed by atoms with Crippen LogP contribution in [0.25, 0.3) is 21.7 Å². The molecule has 4 aromatic rings. The molecule has 28 heavy (non-hydrogen) atoms. The van der Waals surface area contributed by atoms with Gasteiger partial charge in [-0.15, -0.1) is 0 Å². The van der Waals surface area contributed by atoms with Crippen LogP contribution in [0.4, 0.5) is 0 Å². The van der Waals surface area contributed by atoms with Crippen LogP contribution in [0.5, 0.6) is 11.5 Å². The third-order valence-corrected chi connectivity index (χ3v) is 4.73. The fourth-order valence-corrected chi connectivity index (χ4v) is 3.27. The van der Waals surface area contributed by atoms with E-state index in [9.17, 15) is 9.59 Å². The lowest BCUT2D eigenvalue weighted by Gasteiger charge is -2.10. The van der Waals surface area contributed by atoms with E-state index in [4.69, 9.17) is 13.9 Å². The summed E-state index contributed by atoms with van der Waals surface area (Å²) in [5, 5.41) is 2.80. The summed E-state index contributed by atoms with van der Waals surface area (Å²) in [7, 11) is 3.02. The first kappa shape index (κ1) is 17.8. The minimum atomic E-state index is -0.516. The van der Waals surface area contributed by atoms with Crippen LogP contribution in [0.3, 0.4) is 0 Å². The lowest BCUT2D eigenvalue weighted by Crippen LogP contribution is -2.14. The van der Waals surface area contributed by atoms with Gasteiger partial charge in [-0.3, -0.25) is 4.79 Å². The predicted octanol–water partition coefficient (Wildman–Crippen LogP) is 4.39. The highest BCUT2D eigenvalue weighted by Crippen LogP contribution is 2.26. The molecular weight excluding hydrogens is 356 g/mol. The van der Waals surface area contributed by atoms with Gasteiger partial charge in [-0.2, -0.15) is 0 Å². The number of hydrogen-bond acceptors (Lipinski definition) is 5. The summed E-state index contributed by atoms with van der Waals surface area (Å²) in [5.41, 5.74) is 0.648. The van der Waals surface area contributed by atoms with Crippen molar-refractivity contribution < 1.29 is 18.7 Å². The Morgan fingerprint density at radius 3 is 2.36 bits per heavy atom. The Kier molecular flexibility index (Phi) is 4.57. The molecule has 1 aromatic heterocycles. The SMILES string of the molecule is COc1ccc(OC)c(C(=O)Cc2cc3cc4ccccc4cc3oc2=O)c1. The molecule has 0 N–H and O–H groups in total. The smallest absolute Gasteiger partial charge is 0.339 e. The summed E-state index contributed by atoms with van der Waals surface area (Å²) in [6, 6.07) is 18.3. The van der Waals surface area contributed by atoms with Gasteiger partial charge >= 0.3 is 5.63 Å². The molecule has 0 aliphatic carbocycles. The number of benzene rings is 3. The van der Waals surface area contributed by atoms with Crippen LogP contribution in [0.1, 0.15) is 15.9 Å². The molecule has 0 saturated heterocycles. The number of hydrogen-bond donors (Lipinski definition) is 0. The molecule has 4 rings (SSSR count). The highest BCUT2D eigenvalue weighted by atomic mass is 16.5. The van der Waals surface area contributed by atoms with E-state index in [-0.39, 0.29) is 12.2 Å². The van der Waals surface area contributed by atoms with Crippen molar-refractivity contribution in [1.29, 1.82) is 0 Å². The van der Waals surface area contributed by atoms with Crippen LogP contribution in [-0.2, 0) is 6.42 Å². The van der Waals surface area contributed by atoms with Crippen molar-refractivity contribution in [3.63, 3.8) is 0 Å². The molecule has 5 nitrogen and oxygen atoms in total. The number of carbonyl (C=O) groups is 1. The maximum absolute atomic E-state index is 12.8. The quantitative estimate of drug-likeness (QED) is 0.294. The van der Waals surface area contributed by atoms with E-state index in [2.05, 4.69) is 0 Å². The molecule has 140 valence electrons. The largest absolute Gasteiger partial charge is 0.497 e. The Morgan fingerprint density at radius 1 is 0.893 bits per heavy atom. The van der Waals surface area contributed by atoms with Crippen molar-refractivity contribution in [2.24, 2.45) is 0 Å². The zero-order valence-corrected chi connectivity index (χ0v) is 15.5. The minimum absolute atomic E-state index is 0.0887. The third kappa shape index (κ3) is 3.22. The van der Waals surface area contributed by atoms with Crippen molar-refractivity contribution in [3.05, 3.63) is 82.2 Å². The van der Waals surface area contributed by atoms with Crippen LogP contribution in [-0.4, -0.2) is 20.0 Å². The number of ether oxygens (including phenoxy) is 2. The van der Waals surface area contributed by atoms with Gasteiger partial charge in [-0.1, -0.05) is 24.3 Å². The van der Waals surface area contributed by atoms with E-state index in [1.807, 2.05) is 36.4 Å². The van der Waals surface area contributed by atoms with E-state index in [1.165, 1.54) is 14.2 Å². The van der Waals surface area contributed by atoms with Gasteiger partial charge in [0.15, 0.2) is 5.78 Å². The zero-order chi connectivity index (χ0) is 19.7. The lowest BCUT2D eigenvalue weighted by atomic mass is 10.0. The second-order valence-corrected chi connectivity index (χ2v) is 6.46. The van der Waals surface area contributed by atoms with Gasteiger partial charge in [0, 0.05) is 17.4 Å². The van der Waals surface area contributed by atoms with Gasteiger partial charge < -0.3 is 13.9 Å². The Labute approximate surface area is 161 Å². The van der Waals surface area contributed by atoms with Crippen LogP contribution >= 0.6 is 0 Å². The molecule has 5 heteroatoms. The lowest BCUT2D eigenvalue weighted by molar-refractivity contribution is 0.0988. The summed E-state index contributed by atoms with van der Waals surface area (Å²) in [4.78, 5) is 25.3. The van der Waals surface area contributed by atoms with Crippen LogP contribution in [0, 0.1) is 0 Å². The number of fused-ring (bicyclic) bond motifs is 2. The Morgan fingerprint density at radius 2 is 1.64 bits per heavy atom. The van der Waals surface area contributed by atoms with Crippen LogP contribution < -0.4 is 15.1 Å². The monoisotopic (exact) mass is 374 g/mol. The summed E-state index contributed by atoms with van der Waals surface area (Å²) < 4.78 is 15.9. The first-order valence-corrected chi connectivity index (χ1v) is 8.80. The molecule has 3 aromatic carbocycles. The van der Waals surface area contributed by atoms with Gasteiger partial charge in [-0.05, 0) is 47.2 Å². The molecule has 0 bridgehead atoms. The van der Waals surface area contributed by atoms with Gasteiger partial charge in [0.2, 0.25) is 0 Å². The second-order valence-electron chi connectivity index (χ2n) is 6.46. The highest BCUT2D eigenvalue weighted by molar-refractivity contribution is 6.01. The summed E-state index contributed by atoms with van der Waals surface area (Å²) >= 11 is 0. The molecule has 0 aliphatic rings. The van der Waals surface area contributed by atoms with Crippen molar-refractivity contribution in [2.75, 3.05) is 14.2 Å². The first-order valence-electron chi connectivity index (χ1n) is 8.80. The molecular formula is C23H18O5. The highest BCUT2D eigenvalue weighted by Gasteiger charge is 2.17. The molecule has 0 aliphatic heterocycles. The number of Topliss-reactive ketones (excluding diaryl/α,β-unsaturated/α-hetero) is 1. The minimum Gasteiger partial charge on any atom is -0.497 e. The molecule has 0 saturated carbocycles. The molecule has 1 heterocycles. The Balaban J connectivity index is 1.75. The standard InChI is InChI=1S/C23H18O5/c1-26-18-7-8-21(27-2)19(13-18)20(24)11-17-10-16-9-14-5-3-4-6-15(14)12-22(16)28-23(17)25/h3-10,12-13H,11H2,1-2H3. The Bertz CT molecular complexity index is 1250. The van der Waals surface area contributed by atoms with Crippen molar-refractivity contribution in [1.82, 2.24) is 0 Å². The van der Waals surface area contributed by atoms with Crippen molar-refractivity contribution in [2.45, 2.75) is 6.42 Å². The van der Waals surface area contributed by atoms with E-state index in [1.54, 1.807) is 24.3 Å². The van der Waals surface area contributed by atoms with E-state index in [0.717, 1.165) is 16.2 Å². The summed E-state index contributed by atoms with van der Waals surface area (Å²) in [6.45, 7) is 0. The maximum atomic E-state index is 12.8. The normalized spacial score (nSPS) is 10.9. The van der Waals surface area contributed by atoms with Crippen molar-refractivity contribution >= 4 is 27.5 Å². The fourth-order valence-electron chi connectivity index (χ4n) is 3.27. The molecule has 0 amide bonds. The van der Waals surface area contributed by atoms with Gasteiger partial charge in [0.1, 0.15) is 17.1 Å². The zero-order valence-electron chi connectivity index (χ0n) is 15.5. The van der Waals surface area contributed by atoms with E-state index < -0.39 is 5.63 Å². The number of carbonyl (C=O) groups excluding carboxylic acids is 1. The molecule has 0 fully saturated rings. The van der Waals surface area contributed by atoms with Crippen LogP contribution in [0.15, 0.2) is 69.9 Å². The average Bonchev–Trinajstić information content (AvgIpc) is 2.72. The summed E-state index contributed by atoms with van der Waals surface area (Å²) in [5.74, 6) is 0.728. The maximum Gasteiger partial charge on any atom is 0.339 e. The molecule has 0 unspecified atom stereocenters. The second kappa shape index (κ2) is 7.19. The van der Waals surface area contributed by atoms with Crippen LogP contribution in [0.2, 0.25) is 0 Å². The molecule has 0 radical (unpaired) electrons. The van der Waals surface area contributed by atoms with Gasteiger partial charge in [-0.25, -0.2) is 4.79 Å². The van der Waals surface area contributed by atoms with Gasteiger partial charge in [0.25, 0.3) is 0 Å². The predicted molar refractivity (Wildman–Crippen MR) is 108 cm³/mol. The average molecular weight is 374 g/mol. The topological polar surface area (TPSA) is 65.7 Å². The summed E-state index contributed by atoms with van der Waals surface area (Å²) in [6.07, 6.45) is -0.0887. The van der Waals surface area contributed by atoms with E-state index >= 15 is 0 Å². The number of rotatable bonds is 5. The first-order chi connectivity index (χ1) is 13.6. The number of methoxy groups -OCH3 is 2. The fraction of sp³-hybridized carbons (Fsp3) is 0.130. The molecule has 0 spiro atoms. The van der Waals surface area contributed by atoms with Gasteiger partial charge in [0.05, 0.1) is 19.8 Å². The van der Waals surface area contributed by atoms with E-state index in [0.29, 0.717) is 28.2 Å². The third-order valence-electron chi connectivity index (χ3n) is 4.73. The Hall–Kier alpha value is -3.60. The van der Waals surface area contributed by atoms with Crippen molar-refractivity contribution in [3.8, 4) is 11.5 Å². The molecule has 0 atom stereocenters.